The van der Waals surface area contributed by atoms with E-state index in [0.29, 0.717) is 18.1 Å². The van der Waals surface area contributed by atoms with Crippen molar-refractivity contribution in [2.45, 2.75) is 58.9 Å². The monoisotopic (exact) mass is 350 g/mol. The van der Waals surface area contributed by atoms with Crippen LogP contribution in [0.15, 0.2) is 24.3 Å². The third-order valence-corrected chi connectivity index (χ3v) is 4.37. The van der Waals surface area contributed by atoms with Gasteiger partial charge in [0.25, 0.3) is 5.69 Å². The second-order valence-corrected chi connectivity index (χ2v) is 6.39. The molecule has 0 radical (unpaired) electrons. The first-order valence-corrected chi connectivity index (χ1v) is 9.14. The Morgan fingerprint density at radius 3 is 2.44 bits per heavy atom. The lowest BCUT2D eigenvalue weighted by Gasteiger charge is -2.24. The summed E-state index contributed by atoms with van der Waals surface area (Å²) in [6, 6.07) is 5.60. The molecule has 0 heterocycles. The largest absolute Gasteiger partial charge is 0.460 e. The highest BCUT2D eigenvalue weighted by Crippen LogP contribution is 2.16. The topological polar surface area (TPSA) is 81.5 Å². The predicted octanol–water partition coefficient (Wildman–Crippen LogP) is 4.34. The first-order valence-electron chi connectivity index (χ1n) is 9.14. The fourth-order valence-electron chi connectivity index (χ4n) is 2.75. The molecular formula is C19H30N2O4. The van der Waals surface area contributed by atoms with Gasteiger partial charge >= 0.3 is 5.97 Å². The van der Waals surface area contributed by atoms with E-state index in [1.54, 1.807) is 0 Å². The minimum Gasteiger partial charge on any atom is -0.460 e. The van der Waals surface area contributed by atoms with Crippen molar-refractivity contribution in [2.75, 3.05) is 13.2 Å². The molecule has 0 bridgehead atoms. The number of ether oxygens (including phenoxy) is 1. The van der Waals surface area contributed by atoms with Gasteiger partial charge < -0.3 is 10.1 Å². The van der Waals surface area contributed by atoms with Gasteiger partial charge in [-0.05, 0) is 31.0 Å². The molecule has 1 rings (SSSR count). The van der Waals surface area contributed by atoms with E-state index < -0.39 is 10.9 Å². The molecule has 0 spiro atoms. The molecule has 25 heavy (non-hydrogen) atoms. The summed E-state index contributed by atoms with van der Waals surface area (Å²) in [6.07, 6.45) is 6.01. The Balaban J connectivity index is 2.51. The number of nitrogens with one attached hydrogen (secondary N) is 1. The molecule has 0 fully saturated rings. The molecule has 1 N–H and O–H groups in total. The predicted molar refractivity (Wildman–Crippen MR) is 98.8 cm³/mol. The van der Waals surface area contributed by atoms with Crippen LogP contribution in [0, 0.1) is 16.0 Å². The molecule has 0 aliphatic heterocycles. The van der Waals surface area contributed by atoms with E-state index >= 15 is 0 Å². The molecule has 6 nitrogen and oxygen atoms in total. The minimum absolute atomic E-state index is 0.0391. The van der Waals surface area contributed by atoms with Gasteiger partial charge in [-0.2, -0.15) is 0 Å². The van der Waals surface area contributed by atoms with E-state index in [1.807, 2.05) is 6.92 Å². The summed E-state index contributed by atoms with van der Waals surface area (Å²) < 4.78 is 5.42. The van der Waals surface area contributed by atoms with Crippen LogP contribution >= 0.6 is 0 Å². The van der Waals surface area contributed by atoms with Crippen LogP contribution in [0.4, 0.5) is 5.69 Å². The number of carbonyl (C=O) groups excluding carboxylic acids is 1. The Kier molecular flexibility index (Phi) is 9.77. The second kappa shape index (κ2) is 11.6. The summed E-state index contributed by atoms with van der Waals surface area (Å²) >= 11 is 0. The number of esters is 1. The lowest BCUT2D eigenvalue weighted by atomic mass is 9.95. The van der Waals surface area contributed by atoms with Crippen LogP contribution in [-0.2, 0) is 4.74 Å². The molecule has 2 atom stereocenters. The molecule has 0 aliphatic rings. The van der Waals surface area contributed by atoms with Gasteiger partial charge in [0.05, 0.1) is 10.5 Å². The van der Waals surface area contributed by atoms with E-state index in [9.17, 15) is 14.9 Å². The van der Waals surface area contributed by atoms with Crippen LogP contribution in [-0.4, -0.2) is 30.1 Å². The zero-order valence-corrected chi connectivity index (χ0v) is 15.5. The fourth-order valence-corrected chi connectivity index (χ4v) is 2.75. The van der Waals surface area contributed by atoms with Gasteiger partial charge in [0.2, 0.25) is 0 Å². The van der Waals surface area contributed by atoms with Gasteiger partial charge in [-0.3, -0.25) is 10.1 Å². The number of likely N-dealkylation sites (N-methyl/N-ethyl adjacent to an activating group) is 1. The highest BCUT2D eigenvalue weighted by molar-refractivity contribution is 5.89. The first kappa shape index (κ1) is 21.1. The van der Waals surface area contributed by atoms with Crippen LogP contribution in [0.1, 0.15) is 63.2 Å². The highest BCUT2D eigenvalue weighted by atomic mass is 16.6. The van der Waals surface area contributed by atoms with Crippen LogP contribution in [0.25, 0.3) is 0 Å². The summed E-state index contributed by atoms with van der Waals surface area (Å²) in [7, 11) is 0. The average molecular weight is 350 g/mol. The SMILES string of the molecule is CCCCCC[C@@H](C)[C@@H](COC(=O)c1ccc([N+](=O)[O-])cc1)NCC. The summed E-state index contributed by atoms with van der Waals surface area (Å²) in [5.41, 5.74) is 0.291. The van der Waals surface area contributed by atoms with Gasteiger partial charge in [0.15, 0.2) is 0 Å². The molecule has 0 saturated heterocycles. The third kappa shape index (κ3) is 7.65. The lowest BCUT2D eigenvalue weighted by molar-refractivity contribution is -0.384. The third-order valence-electron chi connectivity index (χ3n) is 4.37. The second-order valence-electron chi connectivity index (χ2n) is 6.39. The molecule has 1 aromatic carbocycles. The number of carbonyl (C=O) groups is 1. The van der Waals surface area contributed by atoms with Crippen LogP contribution in [0.5, 0.6) is 0 Å². The Morgan fingerprint density at radius 1 is 1.20 bits per heavy atom. The number of unbranched alkanes of at least 4 members (excludes halogenated alkanes) is 3. The van der Waals surface area contributed by atoms with Crippen LogP contribution in [0.3, 0.4) is 0 Å². The summed E-state index contributed by atoms with van der Waals surface area (Å²) in [4.78, 5) is 22.3. The molecule has 0 saturated carbocycles. The molecule has 0 amide bonds. The number of nitro groups is 1. The Morgan fingerprint density at radius 2 is 1.88 bits per heavy atom. The van der Waals surface area contributed by atoms with E-state index in [0.717, 1.165) is 13.0 Å². The van der Waals surface area contributed by atoms with Crippen molar-refractivity contribution in [3.63, 3.8) is 0 Å². The molecule has 140 valence electrons. The summed E-state index contributed by atoms with van der Waals surface area (Å²) in [5.74, 6) is -0.0301. The van der Waals surface area contributed by atoms with Gasteiger partial charge in [0.1, 0.15) is 6.61 Å². The Labute approximate surface area is 150 Å². The summed E-state index contributed by atoms with van der Waals surface area (Å²) in [6.45, 7) is 7.54. The Hall–Kier alpha value is -1.95. The maximum atomic E-state index is 12.1. The quantitative estimate of drug-likeness (QED) is 0.262. The number of nitrogens with zero attached hydrogens (tertiary/aromatic N) is 1. The number of hydrogen-bond donors (Lipinski definition) is 1. The van der Waals surface area contributed by atoms with Crippen LogP contribution < -0.4 is 5.32 Å². The van der Waals surface area contributed by atoms with E-state index in [2.05, 4.69) is 19.2 Å². The Bertz CT molecular complexity index is 531. The van der Waals surface area contributed by atoms with Crippen molar-refractivity contribution in [1.82, 2.24) is 5.32 Å². The summed E-state index contributed by atoms with van der Waals surface area (Å²) in [5, 5.41) is 14.0. The lowest BCUT2D eigenvalue weighted by Crippen LogP contribution is -2.39. The first-order chi connectivity index (χ1) is 12.0. The van der Waals surface area contributed by atoms with Crippen LogP contribution in [0.2, 0.25) is 0 Å². The standard InChI is InChI=1S/C19H30N2O4/c1-4-6-7-8-9-15(3)18(20-5-2)14-25-19(22)16-10-12-17(13-11-16)21(23)24/h10-13,15,18,20H,4-9,14H2,1-3H3/t15-,18-/m1/s1. The molecular weight excluding hydrogens is 320 g/mol. The normalized spacial score (nSPS) is 13.2. The molecule has 6 heteroatoms. The fraction of sp³-hybridized carbons (Fsp3) is 0.632. The van der Waals surface area contributed by atoms with Gasteiger partial charge in [-0.1, -0.05) is 46.5 Å². The van der Waals surface area contributed by atoms with Gasteiger partial charge in [0, 0.05) is 18.2 Å². The average Bonchev–Trinajstić information content (AvgIpc) is 2.61. The van der Waals surface area contributed by atoms with Crippen molar-refractivity contribution in [3.05, 3.63) is 39.9 Å². The molecule has 0 aromatic heterocycles. The smallest absolute Gasteiger partial charge is 0.338 e. The molecule has 0 unspecified atom stereocenters. The maximum Gasteiger partial charge on any atom is 0.338 e. The highest BCUT2D eigenvalue weighted by Gasteiger charge is 2.19. The van der Waals surface area contributed by atoms with Crippen molar-refractivity contribution in [1.29, 1.82) is 0 Å². The van der Waals surface area contributed by atoms with Crippen molar-refractivity contribution in [2.24, 2.45) is 5.92 Å². The van der Waals surface area contributed by atoms with Gasteiger partial charge in [-0.15, -0.1) is 0 Å². The van der Waals surface area contributed by atoms with E-state index in [4.69, 9.17) is 4.74 Å². The number of hydrogen-bond acceptors (Lipinski definition) is 5. The van der Waals surface area contributed by atoms with Crippen molar-refractivity contribution in [3.8, 4) is 0 Å². The van der Waals surface area contributed by atoms with Crippen molar-refractivity contribution < 1.29 is 14.5 Å². The van der Waals surface area contributed by atoms with E-state index in [1.165, 1.54) is 49.9 Å². The van der Waals surface area contributed by atoms with Crippen molar-refractivity contribution >= 4 is 11.7 Å². The molecule has 0 aliphatic carbocycles. The number of nitro benzene ring substituents is 1. The maximum absolute atomic E-state index is 12.1. The zero-order chi connectivity index (χ0) is 18.7. The number of rotatable bonds is 12. The molecule has 1 aromatic rings. The minimum atomic E-state index is -0.490. The number of non-ortho nitro benzene ring substituents is 1. The zero-order valence-electron chi connectivity index (χ0n) is 15.5. The number of benzene rings is 1. The van der Waals surface area contributed by atoms with Gasteiger partial charge in [-0.25, -0.2) is 4.79 Å². The van der Waals surface area contributed by atoms with E-state index in [-0.39, 0.29) is 11.7 Å².